The van der Waals surface area contributed by atoms with E-state index in [1.807, 2.05) is 6.07 Å². The van der Waals surface area contributed by atoms with Crippen molar-refractivity contribution in [3.05, 3.63) is 29.0 Å². The SMILES string of the molecule is Clc1ncccc1CN1CC2CCC1C2. The molecule has 15 heavy (non-hydrogen) atoms. The number of piperidine rings is 1. The fourth-order valence-corrected chi connectivity index (χ4v) is 3.16. The van der Waals surface area contributed by atoms with E-state index in [4.69, 9.17) is 11.6 Å². The number of halogens is 1. The van der Waals surface area contributed by atoms with E-state index in [0.717, 1.165) is 18.5 Å². The van der Waals surface area contributed by atoms with Gasteiger partial charge in [-0.25, -0.2) is 4.98 Å². The van der Waals surface area contributed by atoms with Gasteiger partial charge in [-0.3, -0.25) is 4.90 Å². The Kier molecular flexibility index (Phi) is 2.41. The first kappa shape index (κ1) is 9.61. The molecule has 2 heterocycles. The Hall–Kier alpha value is -0.600. The summed E-state index contributed by atoms with van der Waals surface area (Å²) in [6, 6.07) is 4.86. The van der Waals surface area contributed by atoms with Gasteiger partial charge in [0.2, 0.25) is 0 Å². The van der Waals surface area contributed by atoms with Crippen LogP contribution in [-0.2, 0) is 6.54 Å². The second kappa shape index (κ2) is 3.76. The van der Waals surface area contributed by atoms with E-state index in [-0.39, 0.29) is 0 Å². The van der Waals surface area contributed by atoms with Gasteiger partial charge in [-0.05, 0) is 31.2 Å². The summed E-state index contributed by atoms with van der Waals surface area (Å²) in [5, 5.41) is 0.667. The maximum Gasteiger partial charge on any atom is 0.133 e. The van der Waals surface area contributed by atoms with Crippen molar-refractivity contribution in [2.45, 2.75) is 31.8 Å². The third-order valence-corrected chi connectivity index (χ3v) is 4.07. The van der Waals surface area contributed by atoms with E-state index >= 15 is 0 Å². The smallest absolute Gasteiger partial charge is 0.133 e. The second-order valence-electron chi connectivity index (χ2n) is 4.72. The molecule has 1 aliphatic heterocycles. The van der Waals surface area contributed by atoms with Crippen LogP contribution in [0.3, 0.4) is 0 Å². The zero-order valence-corrected chi connectivity index (χ0v) is 9.45. The van der Waals surface area contributed by atoms with Crippen molar-refractivity contribution in [3.8, 4) is 0 Å². The van der Waals surface area contributed by atoms with Crippen molar-refractivity contribution in [1.29, 1.82) is 0 Å². The predicted octanol–water partition coefficient (Wildman–Crippen LogP) is 2.72. The van der Waals surface area contributed by atoms with Gasteiger partial charge in [0.25, 0.3) is 0 Å². The highest BCUT2D eigenvalue weighted by molar-refractivity contribution is 6.30. The van der Waals surface area contributed by atoms with Gasteiger partial charge in [-0.2, -0.15) is 0 Å². The molecule has 1 aromatic rings. The third kappa shape index (κ3) is 1.77. The molecule has 1 saturated carbocycles. The number of rotatable bonds is 2. The Morgan fingerprint density at radius 3 is 3.07 bits per heavy atom. The Balaban J connectivity index is 1.73. The highest BCUT2D eigenvalue weighted by Crippen LogP contribution is 2.38. The monoisotopic (exact) mass is 222 g/mol. The Morgan fingerprint density at radius 2 is 2.40 bits per heavy atom. The lowest BCUT2D eigenvalue weighted by Crippen LogP contribution is -2.31. The number of nitrogens with zero attached hydrogens (tertiary/aromatic N) is 2. The molecule has 2 unspecified atom stereocenters. The minimum absolute atomic E-state index is 0.667. The Morgan fingerprint density at radius 1 is 1.47 bits per heavy atom. The molecule has 2 nitrogen and oxygen atoms in total. The molecule has 2 bridgehead atoms. The number of hydrogen-bond acceptors (Lipinski definition) is 2. The fraction of sp³-hybridized carbons (Fsp3) is 0.583. The summed E-state index contributed by atoms with van der Waals surface area (Å²) in [5.41, 5.74) is 1.17. The Labute approximate surface area is 95.3 Å². The minimum atomic E-state index is 0.667. The fourth-order valence-electron chi connectivity index (χ4n) is 2.98. The van der Waals surface area contributed by atoms with E-state index < -0.39 is 0 Å². The number of likely N-dealkylation sites (tertiary alicyclic amines) is 1. The standard InChI is InChI=1S/C12H15ClN2/c13-12-10(2-1-5-14-12)8-15-7-9-3-4-11(15)6-9/h1-2,5,9,11H,3-4,6-8H2. The summed E-state index contributed by atoms with van der Waals surface area (Å²) in [6.07, 6.45) is 5.96. The van der Waals surface area contributed by atoms with E-state index in [0.29, 0.717) is 5.15 Å². The lowest BCUT2D eigenvalue weighted by atomic mass is 10.1. The van der Waals surface area contributed by atoms with Crippen molar-refractivity contribution < 1.29 is 0 Å². The first-order valence-electron chi connectivity index (χ1n) is 5.66. The zero-order chi connectivity index (χ0) is 10.3. The quantitative estimate of drug-likeness (QED) is 0.716. The Bertz CT molecular complexity index is 366. The third-order valence-electron chi connectivity index (χ3n) is 3.73. The van der Waals surface area contributed by atoms with Crippen molar-refractivity contribution in [1.82, 2.24) is 9.88 Å². The van der Waals surface area contributed by atoms with Gasteiger partial charge in [0.15, 0.2) is 0 Å². The van der Waals surface area contributed by atoms with Crippen LogP contribution in [0.1, 0.15) is 24.8 Å². The average molecular weight is 223 g/mol. The van der Waals surface area contributed by atoms with Crippen LogP contribution in [0.5, 0.6) is 0 Å². The van der Waals surface area contributed by atoms with Crippen molar-refractivity contribution >= 4 is 11.6 Å². The number of aromatic nitrogens is 1. The molecule has 2 fully saturated rings. The van der Waals surface area contributed by atoms with E-state index in [2.05, 4.69) is 16.0 Å². The number of fused-ring (bicyclic) bond motifs is 2. The van der Waals surface area contributed by atoms with Crippen LogP contribution in [0.4, 0.5) is 0 Å². The molecule has 0 amide bonds. The van der Waals surface area contributed by atoms with Gasteiger partial charge in [-0.1, -0.05) is 17.7 Å². The molecule has 1 aliphatic carbocycles. The summed E-state index contributed by atoms with van der Waals surface area (Å²) in [7, 11) is 0. The molecule has 80 valence electrons. The molecule has 0 N–H and O–H groups in total. The van der Waals surface area contributed by atoms with Gasteiger partial charge >= 0.3 is 0 Å². The first-order valence-corrected chi connectivity index (χ1v) is 6.04. The maximum absolute atomic E-state index is 6.07. The van der Waals surface area contributed by atoms with Crippen LogP contribution in [0, 0.1) is 5.92 Å². The molecule has 3 heteroatoms. The maximum atomic E-state index is 6.07. The molecule has 2 atom stereocenters. The zero-order valence-electron chi connectivity index (χ0n) is 8.69. The van der Waals surface area contributed by atoms with Crippen LogP contribution >= 0.6 is 11.6 Å². The molecule has 0 spiro atoms. The van der Waals surface area contributed by atoms with Crippen LogP contribution < -0.4 is 0 Å². The average Bonchev–Trinajstić information content (AvgIpc) is 2.83. The molecule has 1 saturated heterocycles. The molecular formula is C12H15ClN2. The van der Waals surface area contributed by atoms with Crippen molar-refractivity contribution in [2.75, 3.05) is 6.54 Å². The van der Waals surface area contributed by atoms with E-state index in [1.54, 1.807) is 6.20 Å². The molecule has 3 rings (SSSR count). The summed E-state index contributed by atoms with van der Waals surface area (Å²) < 4.78 is 0. The van der Waals surface area contributed by atoms with Gasteiger partial charge < -0.3 is 0 Å². The highest BCUT2D eigenvalue weighted by atomic mass is 35.5. The summed E-state index contributed by atoms with van der Waals surface area (Å²) in [5.74, 6) is 0.949. The molecule has 2 aliphatic rings. The molecular weight excluding hydrogens is 208 g/mol. The van der Waals surface area contributed by atoms with Crippen molar-refractivity contribution in [3.63, 3.8) is 0 Å². The summed E-state index contributed by atoms with van der Waals surface area (Å²) in [4.78, 5) is 6.69. The highest BCUT2D eigenvalue weighted by Gasteiger charge is 2.37. The van der Waals surface area contributed by atoms with Gasteiger partial charge in [0, 0.05) is 30.9 Å². The summed E-state index contributed by atoms with van der Waals surface area (Å²) in [6.45, 7) is 2.24. The first-order chi connectivity index (χ1) is 7.33. The molecule has 0 aromatic carbocycles. The van der Waals surface area contributed by atoms with Gasteiger partial charge in [0.1, 0.15) is 5.15 Å². The summed E-state index contributed by atoms with van der Waals surface area (Å²) >= 11 is 6.07. The van der Waals surface area contributed by atoms with E-state index in [9.17, 15) is 0 Å². The van der Waals surface area contributed by atoms with Crippen LogP contribution in [0.2, 0.25) is 5.15 Å². The molecule has 1 aromatic heterocycles. The second-order valence-corrected chi connectivity index (χ2v) is 5.07. The topological polar surface area (TPSA) is 16.1 Å². The number of hydrogen-bond donors (Lipinski definition) is 0. The number of pyridine rings is 1. The van der Waals surface area contributed by atoms with E-state index in [1.165, 1.54) is 31.4 Å². The van der Waals surface area contributed by atoms with Crippen LogP contribution in [0.25, 0.3) is 0 Å². The van der Waals surface area contributed by atoms with Gasteiger partial charge in [-0.15, -0.1) is 0 Å². The van der Waals surface area contributed by atoms with Crippen LogP contribution in [0.15, 0.2) is 18.3 Å². The lowest BCUT2D eigenvalue weighted by Gasteiger charge is -2.26. The minimum Gasteiger partial charge on any atom is -0.296 e. The lowest BCUT2D eigenvalue weighted by molar-refractivity contribution is 0.205. The largest absolute Gasteiger partial charge is 0.296 e. The molecule has 0 radical (unpaired) electrons. The predicted molar refractivity (Wildman–Crippen MR) is 60.8 cm³/mol. The van der Waals surface area contributed by atoms with Crippen molar-refractivity contribution in [2.24, 2.45) is 5.92 Å². The van der Waals surface area contributed by atoms with Gasteiger partial charge in [0.05, 0.1) is 0 Å². The normalized spacial score (nSPS) is 29.9. The van der Waals surface area contributed by atoms with Crippen LogP contribution in [-0.4, -0.2) is 22.5 Å².